The number of benzene rings is 1. The molecule has 0 aliphatic heterocycles. The van der Waals surface area contributed by atoms with Gasteiger partial charge < -0.3 is 0 Å². The number of hydrogen-bond donors (Lipinski definition) is 0. The Bertz CT molecular complexity index is 326. The zero-order valence-corrected chi connectivity index (χ0v) is 10.6. The summed E-state index contributed by atoms with van der Waals surface area (Å²) in [6, 6.07) is 10.1. The van der Waals surface area contributed by atoms with Gasteiger partial charge in [-0.05, 0) is 30.5 Å². The first kappa shape index (κ1) is 12.6. The number of carbonyl (C=O) groups is 1. The molecule has 0 saturated heterocycles. The normalized spacial score (nSPS) is 14.6. The molecule has 1 atom stereocenters. The predicted octanol–water partition coefficient (Wildman–Crippen LogP) is 3.85. The Morgan fingerprint density at radius 3 is 2.47 bits per heavy atom. The van der Waals surface area contributed by atoms with E-state index in [1.54, 1.807) is 11.8 Å². The Labute approximate surface area is 100 Å². The molecule has 15 heavy (non-hydrogen) atoms. The minimum absolute atomic E-state index is 0.258. The minimum Gasteiger partial charge on any atom is -0.280 e. The van der Waals surface area contributed by atoms with Gasteiger partial charge >= 0.3 is 0 Å². The van der Waals surface area contributed by atoms with E-state index in [0.29, 0.717) is 0 Å². The Morgan fingerprint density at radius 1 is 1.40 bits per heavy atom. The molecule has 0 radical (unpaired) electrons. The van der Waals surface area contributed by atoms with Gasteiger partial charge in [-0.3, -0.25) is 4.79 Å². The molecule has 1 rings (SSSR count). The first-order chi connectivity index (χ1) is 7.08. The van der Waals surface area contributed by atoms with Gasteiger partial charge in [-0.1, -0.05) is 37.3 Å². The summed E-state index contributed by atoms with van der Waals surface area (Å²) in [5.41, 5.74) is 1.22. The molecule has 0 N–H and O–H groups in total. The first-order valence-electron chi connectivity index (χ1n) is 4.96. The maximum Gasteiger partial charge on any atom is 0.237 e. The van der Waals surface area contributed by atoms with Crippen molar-refractivity contribution in [2.24, 2.45) is 0 Å². The molecule has 1 nitrogen and oxygen atoms in total. The van der Waals surface area contributed by atoms with Crippen molar-refractivity contribution in [1.82, 2.24) is 0 Å². The summed E-state index contributed by atoms with van der Waals surface area (Å²) >= 11 is 7.20. The fraction of sp³-hybridized carbons (Fsp3) is 0.417. The van der Waals surface area contributed by atoms with E-state index in [1.807, 2.05) is 32.0 Å². The molecule has 0 saturated carbocycles. The Morgan fingerprint density at radius 2 is 2.00 bits per heavy atom. The number of carbonyl (C=O) groups excluding carboxylic acids is 1. The summed E-state index contributed by atoms with van der Waals surface area (Å²) in [7, 11) is 0. The standard InChI is InChI=1S/C12H15ClOS/c1-3-12(2,11(13)14)15-9-10-7-5-4-6-8-10/h4-8H,3,9H2,1-2H3. The lowest BCUT2D eigenvalue weighted by molar-refractivity contribution is -0.113. The van der Waals surface area contributed by atoms with Crippen molar-refractivity contribution in [2.45, 2.75) is 30.8 Å². The van der Waals surface area contributed by atoms with Gasteiger partial charge in [0.05, 0.1) is 4.75 Å². The molecular weight excluding hydrogens is 228 g/mol. The van der Waals surface area contributed by atoms with Crippen molar-refractivity contribution < 1.29 is 4.79 Å². The van der Waals surface area contributed by atoms with Crippen LogP contribution in [0.15, 0.2) is 30.3 Å². The fourth-order valence-corrected chi connectivity index (χ4v) is 2.41. The average molecular weight is 243 g/mol. The van der Waals surface area contributed by atoms with Gasteiger partial charge in [0, 0.05) is 5.75 Å². The van der Waals surface area contributed by atoms with Crippen LogP contribution < -0.4 is 0 Å². The lowest BCUT2D eigenvalue weighted by atomic mass is 10.1. The zero-order chi connectivity index (χ0) is 11.3. The highest BCUT2D eigenvalue weighted by Gasteiger charge is 2.29. The molecule has 0 heterocycles. The fourth-order valence-electron chi connectivity index (χ4n) is 1.11. The van der Waals surface area contributed by atoms with Crippen molar-refractivity contribution in [2.75, 3.05) is 0 Å². The van der Waals surface area contributed by atoms with E-state index in [4.69, 9.17) is 11.6 Å². The molecule has 82 valence electrons. The van der Waals surface area contributed by atoms with E-state index in [9.17, 15) is 4.79 Å². The van der Waals surface area contributed by atoms with Crippen LogP contribution in [0.3, 0.4) is 0 Å². The molecule has 1 unspecified atom stereocenters. The summed E-state index contributed by atoms with van der Waals surface area (Å²) in [6.07, 6.45) is 0.757. The van der Waals surface area contributed by atoms with Crippen LogP contribution in [0.5, 0.6) is 0 Å². The number of halogens is 1. The molecular formula is C12H15ClOS. The maximum atomic E-state index is 11.3. The van der Waals surface area contributed by atoms with E-state index in [0.717, 1.165) is 12.2 Å². The minimum atomic E-state index is -0.461. The van der Waals surface area contributed by atoms with Gasteiger partial charge in [-0.25, -0.2) is 0 Å². The van der Waals surface area contributed by atoms with Crippen molar-refractivity contribution in [3.8, 4) is 0 Å². The van der Waals surface area contributed by atoms with Gasteiger partial charge in [0.1, 0.15) is 0 Å². The topological polar surface area (TPSA) is 17.1 Å². The number of thioether (sulfide) groups is 1. The molecule has 0 aromatic heterocycles. The lowest BCUT2D eigenvalue weighted by Gasteiger charge is -2.22. The van der Waals surface area contributed by atoms with Gasteiger partial charge in [-0.2, -0.15) is 0 Å². The number of hydrogen-bond acceptors (Lipinski definition) is 2. The van der Waals surface area contributed by atoms with Crippen molar-refractivity contribution in [3.05, 3.63) is 35.9 Å². The van der Waals surface area contributed by atoms with E-state index in [1.165, 1.54) is 5.56 Å². The molecule has 1 aromatic rings. The number of rotatable bonds is 5. The van der Waals surface area contributed by atoms with Crippen LogP contribution in [-0.2, 0) is 10.5 Å². The Kier molecular flexibility index (Phi) is 4.68. The second-order valence-electron chi connectivity index (χ2n) is 3.63. The Hall–Kier alpha value is -0.470. The molecule has 0 spiro atoms. The van der Waals surface area contributed by atoms with E-state index in [-0.39, 0.29) is 5.24 Å². The summed E-state index contributed by atoms with van der Waals surface area (Å²) in [6.45, 7) is 3.88. The largest absolute Gasteiger partial charge is 0.280 e. The molecule has 0 aliphatic rings. The highest BCUT2D eigenvalue weighted by Crippen LogP contribution is 2.33. The summed E-state index contributed by atoms with van der Waals surface area (Å²) in [5.74, 6) is 0.823. The third kappa shape index (κ3) is 3.54. The Balaban J connectivity index is 2.59. The molecule has 0 fully saturated rings. The van der Waals surface area contributed by atoms with Crippen LogP contribution in [0.1, 0.15) is 25.8 Å². The smallest absolute Gasteiger partial charge is 0.237 e. The second kappa shape index (κ2) is 5.57. The molecule has 3 heteroatoms. The highest BCUT2D eigenvalue weighted by atomic mass is 35.5. The predicted molar refractivity (Wildman–Crippen MR) is 67.3 cm³/mol. The summed E-state index contributed by atoms with van der Waals surface area (Å²) in [5, 5.41) is -0.258. The average Bonchev–Trinajstić information content (AvgIpc) is 2.27. The van der Waals surface area contributed by atoms with Crippen molar-refractivity contribution in [1.29, 1.82) is 0 Å². The molecule has 1 aromatic carbocycles. The van der Waals surface area contributed by atoms with Crippen LogP contribution in [0.4, 0.5) is 0 Å². The maximum absolute atomic E-state index is 11.3. The third-order valence-electron chi connectivity index (χ3n) is 2.49. The van der Waals surface area contributed by atoms with Crippen molar-refractivity contribution >= 4 is 28.6 Å². The van der Waals surface area contributed by atoms with Crippen LogP contribution in [-0.4, -0.2) is 9.99 Å². The quantitative estimate of drug-likeness (QED) is 0.730. The summed E-state index contributed by atoms with van der Waals surface area (Å²) in [4.78, 5) is 11.3. The zero-order valence-electron chi connectivity index (χ0n) is 9.00. The van der Waals surface area contributed by atoms with Crippen molar-refractivity contribution in [3.63, 3.8) is 0 Å². The molecule has 0 amide bonds. The summed E-state index contributed by atoms with van der Waals surface area (Å²) < 4.78 is -0.461. The van der Waals surface area contributed by atoms with Crippen LogP contribution in [0, 0.1) is 0 Å². The van der Waals surface area contributed by atoms with Crippen LogP contribution >= 0.6 is 23.4 Å². The second-order valence-corrected chi connectivity index (χ2v) is 5.45. The monoisotopic (exact) mass is 242 g/mol. The van der Waals surface area contributed by atoms with Crippen LogP contribution in [0.25, 0.3) is 0 Å². The van der Waals surface area contributed by atoms with Crippen LogP contribution in [0.2, 0.25) is 0 Å². The molecule has 0 bridgehead atoms. The van der Waals surface area contributed by atoms with Gasteiger partial charge in [0.2, 0.25) is 5.24 Å². The van der Waals surface area contributed by atoms with E-state index >= 15 is 0 Å². The SMILES string of the molecule is CCC(C)(SCc1ccccc1)C(=O)Cl. The molecule has 0 aliphatic carbocycles. The van der Waals surface area contributed by atoms with E-state index < -0.39 is 4.75 Å². The van der Waals surface area contributed by atoms with Gasteiger partial charge in [0.25, 0.3) is 0 Å². The first-order valence-corrected chi connectivity index (χ1v) is 6.32. The van der Waals surface area contributed by atoms with Gasteiger partial charge in [0.15, 0.2) is 0 Å². The lowest BCUT2D eigenvalue weighted by Crippen LogP contribution is -2.26. The van der Waals surface area contributed by atoms with E-state index in [2.05, 4.69) is 12.1 Å². The highest BCUT2D eigenvalue weighted by molar-refractivity contribution is 8.00. The third-order valence-corrected chi connectivity index (χ3v) is 4.61. The van der Waals surface area contributed by atoms with Gasteiger partial charge in [-0.15, -0.1) is 11.8 Å².